The maximum Gasteiger partial charge on any atom is 0.119 e. The first-order valence-corrected chi connectivity index (χ1v) is 4.83. The van der Waals surface area contributed by atoms with Gasteiger partial charge in [0.1, 0.15) is 5.75 Å². The summed E-state index contributed by atoms with van der Waals surface area (Å²) in [6, 6.07) is 7.57. The molecule has 0 spiro atoms. The van der Waals surface area contributed by atoms with Crippen molar-refractivity contribution in [1.29, 1.82) is 0 Å². The Labute approximate surface area is 79.7 Å². The highest BCUT2D eigenvalue weighted by Crippen LogP contribution is 2.32. The fourth-order valence-electron chi connectivity index (χ4n) is 1.31. The van der Waals surface area contributed by atoms with E-state index in [0.29, 0.717) is 0 Å². The van der Waals surface area contributed by atoms with Gasteiger partial charge < -0.3 is 4.74 Å². The fraction of sp³-hybridized carbons (Fsp3) is 0.417. The first-order valence-electron chi connectivity index (χ1n) is 4.83. The molecular formula is C12H14O. The summed E-state index contributed by atoms with van der Waals surface area (Å²) in [5.74, 6) is 1.86. The minimum Gasteiger partial charge on any atom is -0.494 e. The maximum atomic E-state index is 5.56. The van der Waals surface area contributed by atoms with Crippen molar-refractivity contribution in [2.75, 3.05) is 6.61 Å². The third-order valence-corrected chi connectivity index (χ3v) is 2.37. The second-order valence-corrected chi connectivity index (χ2v) is 3.65. The molecule has 0 aromatic heterocycles. The van der Waals surface area contributed by atoms with Crippen LogP contribution in [0, 0.1) is 12.8 Å². The molecule has 2 rings (SSSR count). The van der Waals surface area contributed by atoms with Gasteiger partial charge in [-0.05, 0) is 37.0 Å². The van der Waals surface area contributed by atoms with Gasteiger partial charge in [-0.15, -0.1) is 0 Å². The van der Waals surface area contributed by atoms with Crippen LogP contribution < -0.4 is 4.74 Å². The van der Waals surface area contributed by atoms with E-state index >= 15 is 0 Å². The highest BCUT2D eigenvalue weighted by molar-refractivity contribution is 5.28. The number of hydrogen-bond donors (Lipinski definition) is 0. The van der Waals surface area contributed by atoms with Gasteiger partial charge >= 0.3 is 0 Å². The first-order chi connectivity index (χ1) is 6.34. The molecule has 1 nitrogen and oxygen atoms in total. The van der Waals surface area contributed by atoms with Gasteiger partial charge in [0.05, 0.1) is 6.61 Å². The number of benzene rings is 1. The molecule has 0 saturated heterocycles. The van der Waals surface area contributed by atoms with Crippen LogP contribution in [0.5, 0.6) is 5.75 Å². The molecule has 0 heterocycles. The Morgan fingerprint density at radius 3 is 2.54 bits per heavy atom. The van der Waals surface area contributed by atoms with Gasteiger partial charge in [-0.1, -0.05) is 25.0 Å². The monoisotopic (exact) mass is 174 g/mol. The molecule has 1 heteroatoms. The van der Waals surface area contributed by atoms with Crippen molar-refractivity contribution >= 4 is 0 Å². The maximum absolute atomic E-state index is 5.56. The van der Waals surface area contributed by atoms with Crippen LogP contribution >= 0.6 is 0 Å². The topological polar surface area (TPSA) is 9.23 Å². The smallest absolute Gasteiger partial charge is 0.119 e. The van der Waals surface area contributed by atoms with Crippen molar-refractivity contribution in [2.45, 2.75) is 19.3 Å². The average molecular weight is 174 g/mol. The van der Waals surface area contributed by atoms with Crippen LogP contribution in [0.4, 0.5) is 0 Å². The normalized spacial score (nSPS) is 15.8. The molecule has 1 aromatic rings. The standard InChI is InChI=1S/C12H14O/c1-10-2-6-12(7-3-10)13-9-8-11-4-5-11/h1-3,6-7,11H,4-5,8-9H2. The second kappa shape index (κ2) is 3.82. The summed E-state index contributed by atoms with van der Waals surface area (Å²) in [5.41, 5.74) is 0.787. The molecule has 0 amide bonds. The van der Waals surface area contributed by atoms with Crippen LogP contribution in [-0.4, -0.2) is 6.61 Å². The Morgan fingerprint density at radius 2 is 1.92 bits per heavy atom. The van der Waals surface area contributed by atoms with Gasteiger partial charge in [0, 0.05) is 0 Å². The van der Waals surface area contributed by atoms with Gasteiger partial charge in [-0.3, -0.25) is 0 Å². The quantitative estimate of drug-likeness (QED) is 0.682. The zero-order valence-corrected chi connectivity index (χ0v) is 7.70. The zero-order valence-electron chi connectivity index (χ0n) is 7.70. The van der Waals surface area contributed by atoms with Gasteiger partial charge in [-0.2, -0.15) is 0 Å². The second-order valence-electron chi connectivity index (χ2n) is 3.65. The van der Waals surface area contributed by atoms with Gasteiger partial charge in [-0.25, -0.2) is 0 Å². The molecule has 0 aliphatic heterocycles. The van der Waals surface area contributed by atoms with Crippen LogP contribution in [0.25, 0.3) is 0 Å². The summed E-state index contributed by atoms with van der Waals surface area (Å²) >= 11 is 0. The molecule has 1 saturated carbocycles. The summed E-state index contributed by atoms with van der Waals surface area (Å²) < 4.78 is 5.56. The van der Waals surface area contributed by atoms with Crippen LogP contribution in [0.3, 0.4) is 0 Å². The van der Waals surface area contributed by atoms with Crippen molar-refractivity contribution in [2.24, 2.45) is 5.92 Å². The highest BCUT2D eigenvalue weighted by Gasteiger charge is 2.20. The lowest BCUT2D eigenvalue weighted by Gasteiger charge is -2.04. The van der Waals surface area contributed by atoms with E-state index in [1.807, 2.05) is 24.3 Å². The van der Waals surface area contributed by atoms with Gasteiger partial charge in [0.2, 0.25) is 0 Å². The van der Waals surface area contributed by atoms with Crippen molar-refractivity contribution in [3.05, 3.63) is 36.8 Å². The van der Waals surface area contributed by atoms with Crippen molar-refractivity contribution in [1.82, 2.24) is 0 Å². The Hall–Kier alpha value is -0.980. The lowest BCUT2D eigenvalue weighted by atomic mass is 10.2. The minimum atomic E-state index is 0.787. The van der Waals surface area contributed by atoms with E-state index in [2.05, 4.69) is 0 Å². The predicted octanol–water partition coefficient (Wildman–Crippen LogP) is 2.92. The van der Waals surface area contributed by atoms with E-state index in [-0.39, 0.29) is 0 Å². The molecular weight excluding hydrogens is 160 g/mol. The third kappa shape index (κ3) is 2.76. The minimum absolute atomic E-state index is 0.787. The SMILES string of the molecule is [CH]c1ccc(OCCC2CC2)cc1. The van der Waals surface area contributed by atoms with Crippen LogP contribution in [0.1, 0.15) is 24.8 Å². The highest BCUT2D eigenvalue weighted by atomic mass is 16.5. The van der Waals surface area contributed by atoms with E-state index < -0.39 is 0 Å². The van der Waals surface area contributed by atoms with Crippen LogP contribution in [-0.2, 0) is 0 Å². The predicted molar refractivity (Wildman–Crippen MR) is 52.7 cm³/mol. The van der Waals surface area contributed by atoms with Crippen molar-refractivity contribution in [3.8, 4) is 5.75 Å². The molecule has 68 valence electrons. The molecule has 1 aliphatic rings. The lowest BCUT2D eigenvalue weighted by Crippen LogP contribution is -1.97. The Bertz CT molecular complexity index is 259. The Balaban J connectivity index is 1.76. The number of ether oxygens (including phenoxy) is 1. The third-order valence-electron chi connectivity index (χ3n) is 2.37. The van der Waals surface area contributed by atoms with Gasteiger partial charge in [0.25, 0.3) is 0 Å². The number of rotatable bonds is 4. The first kappa shape index (κ1) is 8.61. The summed E-state index contributed by atoms with van der Waals surface area (Å²) in [4.78, 5) is 0. The molecule has 2 radical (unpaired) electrons. The molecule has 1 aromatic carbocycles. The zero-order chi connectivity index (χ0) is 9.10. The summed E-state index contributed by atoms with van der Waals surface area (Å²) in [7, 11) is 0. The molecule has 1 fully saturated rings. The summed E-state index contributed by atoms with van der Waals surface area (Å²) in [6.07, 6.45) is 3.99. The van der Waals surface area contributed by atoms with Crippen molar-refractivity contribution in [3.63, 3.8) is 0 Å². The summed E-state index contributed by atoms with van der Waals surface area (Å²) in [5, 5.41) is 0. The molecule has 1 aliphatic carbocycles. The van der Waals surface area contributed by atoms with Crippen LogP contribution in [0.2, 0.25) is 0 Å². The van der Waals surface area contributed by atoms with Gasteiger partial charge in [0.15, 0.2) is 0 Å². The van der Waals surface area contributed by atoms with E-state index in [1.54, 1.807) is 0 Å². The molecule has 0 unspecified atom stereocenters. The van der Waals surface area contributed by atoms with E-state index in [9.17, 15) is 0 Å². The van der Waals surface area contributed by atoms with Crippen molar-refractivity contribution < 1.29 is 4.74 Å². The van der Waals surface area contributed by atoms with E-state index in [4.69, 9.17) is 11.7 Å². The Morgan fingerprint density at radius 1 is 1.23 bits per heavy atom. The summed E-state index contributed by atoms with van der Waals surface area (Å²) in [6.45, 7) is 6.40. The van der Waals surface area contributed by atoms with E-state index in [0.717, 1.165) is 23.8 Å². The molecule has 0 atom stereocenters. The molecule has 0 N–H and O–H groups in total. The fourth-order valence-corrected chi connectivity index (χ4v) is 1.31. The largest absolute Gasteiger partial charge is 0.494 e. The molecule has 13 heavy (non-hydrogen) atoms. The van der Waals surface area contributed by atoms with Crippen LogP contribution in [0.15, 0.2) is 24.3 Å². The Kier molecular flexibility index (Phi) is 2.53. The molecule has 0 bridgehead atoms. The average Bonchev–Trinajstić information content (AvgIpc) is 2.92. The number of hydrogen-bond acceptors (Lipinski definition) is 1. The van der Waals surface area contributed by atoms with E-state index in [1.165, 1.54) is 19.3 Å². The lowest BCUT2D eigenvalue weighted by molar-refractivity contribution is 0.302.